The third-order valence-electron chi connectivity index (χ3n) is 3.27. The number of fused-ring (bicyclic) bond motifs is 1. The molecule has 0 bridgehead atoms. The van der Waals surface area contributed by atoms with Crippen LogP contribution in [0.3, 0.4) is 0 Å². The van der Waals surface area contributed by atoms with Crippen LogP contribution in [0.4, 0.5) is 5.82 Å². The number of hydrogen-bond donors (Lipinski definition) is 0. The molecule has 96 valence electrons. The molecule has 1 aliphatic rings. The lowest BCUT2D eigenvalue weighted by molar-refractivity contribution is -0.117. The van der Waals surface area contributed by atoms with E-state index in [0.29, 0.717) is 6.42 Å². The van der Waals surface area contributed by atoms with Gasteiger partial charge >= 0.3 is 0 Å². The Hall–Kier alpha value is -1.68. The minimum Gasteiger partial charge on any atom is -0.296 e. The highest BCUT2D eigenvalue weighted by atomic mass is 79.9. The summed E-state index contributed by atoms with van der Waals surface area (Å²) in [6, 6.07) is 11.9. The second kappa shape index (κ2) is 5.13. The summed E-state index contributed by atoms with van der Waals surface area (Å²) in [6.07, 6.45) is 3.05. The Balaban J connectivity index is 1.80. The maximum absolute atomic E-state index is 12.3. The molecule has 0 radical (unpaired) electrons. The minimum atomic E-state index is 0.111. The molecule has 4 heteroatoms. The van der Waals surface area contributed by atoms with Crippen LogP contribution in [0.1, 0.15) is 11.1 Å². The van der Waals surface area contributed by atoms with Gasteiger partial charge in [0.15, 0.2) is 0 Å². The molecule has 3 nitrogen and oxygen atoms in total. The highest BCUT2D eigenvalue weighted by Crippen LogP contribution is 2.28. The second-order valence-electron chi connectivity index (χ2n) is 4.59. The first kappa shape index (κ1) is 12.4. The van der Waals surface area contributed by atoms with Gasteiger partial charge in [-0.2, -0.15) is 0 Å². The van der Waals surface area contributed by atoms with Crippen molar-refractivity contribution in [2.45, 2.75) is 12.8 Å². The van der Waals surface area contributed by atoms with E-state index in [0.717, 1.165) is 34.4 Å². The third kappa shape index (κ3) is 2.54. The summed E-state index contributed by atoms with van der Waals surface area (Å²) >= 11 is 3.41. The van der Waals surface area contributed by atoms with Crippen LogP contribution in [0.25, 0.3) is 0 Å². The van der Waals surface area contributed by atoms with Gasteiger partial charge in [0.1, 0.15) is 5.82 Å². The maximum Gasteiger partial charge on any atom is 0.232 e. The topological polar surface area (TPSA) is 33.2 Å². The van der Waals surface area contributed by atoms with Gasteiger partial charge in [-0.25, -0.2) is 4.98 Å². The zero-order chi connectivity index (χ0) is 13.2. The molecule has 0 fully saturated rings. The highest BCUT2D eigenvalue weighted by molar-refractivity contribution is 9.10. The Kier molecular flexibility index (Phi) is 3.34. The first-order valence-corrected chi connectivity index (χ1v) is 7.02. The fraction of sp³-hybridized carbons (Fsp3) is 0.200. The number of rotatable bonds is 2. The van der Waals surface area contributed by atoms with Crippen molar-refractivity contribution in [1.82, 2.24) is 4.98 Å². The molecular weight excluding hydrogens is 304 g/mol. The molecule has 0 saturated carbocycles. The number of aromatic nitrogens is 1. The highest BCUT2D eigenvalue weighted by Gasteiger charge is 2.25. The van der Waals surface area contributed by atoms with E-state index in [2.05, 4.69) is 20.9 Å². The number of carbonyl (C=O) groups is 1. The van der Waals surface area contributed by atoms with E-state index in [4.69, 9.17) is 0 Å². The van der Waals surface area contributed by atoms with Crippen molar-refractivity contribution in [2.75, 3.05) is 11.4 Å². The Labute approximate surface area is 120 Å². The fourth-order valence-corrected chi connectivity index (χ4v) is 2.73. The minimum absolute atomic E-state index is 0.111. The van der Waals surface area contributed by atoms with Crippen molar-refractivity contribution < 1.29 is 4.79 Å². The standard InChI is InChI=1S/C15H13BrN2O/c16-13-9-12-6-7-18(15(12)17-10-13)14(19)8-11-4-2-1-3-5-11/h1-5,9-10H,6-8H2. The van der Waals surface area contributed by atoms with Crippen LogP contribution in [-0.4, -0.2) is 17.4 Å². The molecule has 3 rings (SSSR count). The van der Waals surface area contributed by atoms with E-state index in [9.17, 15) is 4.79 Å². The van der Waals surface area contributed by atoms with Gasteiger partial charge < -0.3 is 0 Å². The van der Waals surface area contributed by atoms with E-state index >= 15 is 0 Å². The molecule has 1 amide bonds. The van der Waals surface area contributed by atoms with E-state index in [-0.39, 0.29) is 5.91 Å². The van der Waals surface area contributed by atoms with Crippen molar-refractivity contribution in [1.29, 1.82) is 0 Å². The van der Waals surface area contributed by atoms with E-state index < -0.39 is 0 Å². The number of halogens is 1. The number of anilines is 1. The van der Waals surface area contributed by atoms with Gasteiger partial charge in [-0.3, -0.25) is 9.69 Å². The number of nitrogens with zero attached hydrogens (tertiary/aromatic N) is 2. The molecule has 1 aliphatic heterocycles. The molecule has 0 aliphatic carbocycles. The number of amides is 1. The summed E-state index contributed by atoms with van der Waals surface area (Å²) in [5.41, 5.74) is 2.17. The zero-order valence-corrected chi connectivity index (χ0v) is 11.9. The summed E-state index contributed by atoms with van der Waals surface area (Å²) in [5.74, 6) is 0.920. The first-order valence-electron chi connectivity index (χ1n) is 6.23. The monoisotopic (exact) mass is 316 g/mol. The smallest absolute Gasteiger partial charge is 0.232 e. The molecule has 0 unspecified atom stereocenters. The van der Waals surface area contributed by atoms with Crippen LogP contribution >= 0.6 is 15.9 Å². The largest absolute Gasteiger partial charge is 0.296 e. The fourth-order valence-electron chi connectivity index (χ4n) is 2.35. The van der Waals surface area contributed by atoms with E-state index in [1.165, 1.54) is 0 Å². The molecule has 0 N–H and O–H groups in total. The Morgan fingerprint density at radius 1 is 1.32 bits per heavy atom. The van der Waals surface area contributed by atoms with Crippen molar-refractivity contribution in [2.24, 2.45) is 0 Å². The van der Waals surface area contributed by atoms with E-state index in [1.54, 1.807) is 11.1 Å². The van der Waals surface area contributed by atoms with Crippen LogP contribution in [0, 0.1) is 0 Å². The summed E-state index contributed by atoms with van der Waals surface area (Å²) in [5, 5.41) is 0. The molecular formula is C15H13BrN2O. The number of benzene rings is 1. The van der Waals surface area contributed by atoms with Crippen molar-refractivity contribution in [3.63, 3.8) is 0 Å². The lowest BCUT2D eigenvalue weighted by Crippen LogP contribution is -2.30. The molecule has 1 aromatic heterocycles. The average molecular weight is 317 g/mol. The van der Waals surface area contributed by atoms with Crippen molar-refractivity contribution in [3.8, 4) is 0 Å². The van der Waals surface area contributed by atoms with Crippen molar-refractivity contribution >= 4 is 27.7 Å². The van der Waals surface area contributed by atoms with Crippen LogP contribution in [0.15, 0.2) is 47.1 Å². The summed E-state index contributed by atoms with van der Waals surface area (Å²) in [4.78, 5) is 18.5. The van der Waals surface area contributed by atoms with Gasteiger partial charge in [0.05, 0.1) is 6.42 Å². The lowest BCUT2D eigenvalue weighted by Gasteiger charge is -2.16. The molecule has 0 atom stereocenters. The summed E-state index contributed by atoms with van der Waals surface area (Å²) in [6.45, 7) is 0.727. The average Bonchev–Trinajstić information content (AvgIpc) is 2.82. The van der Waals surface area contributed by atoms with Gasteiger partial charge in [-0.05, 0) is 39.5 Å². The van der Waals surface area contributed by atoms with Crippen LogP contribution in [-0.2, 0) is 17.6 Å². The first-order chi connectivity index (χ1) is 9.24. The number of carbonyl (C=O) groups excluding carboxylic acids is 1. The Bertz CT molecular complexity index is 613. The maximum atomic E-state index is 12.3. The van der Waals surface area contributed by atoms with Crippen LogP contribution in [0.2, 0.25) is 0 Å². The normalized spacial score (nSPS) is 13.4. The van der Waals surface area contributed by atoms with Gasteiger partial charge in [-0.15, -0.1) is 0 Å². The molecule has 19 heavy (non-hydrogen) atoms. The van der Waals surface area contributed by atoms with Crippen LogP contribution < -0.4 is 4.90 Å². The summed E-state index contributed by atoms with van der Waals surface area (Å²) in [7, 11) is 0. The molecule has 0 spiro atoms. The second-order valence-corrected chi connectivity index (χ2v) is 5.51. The molecule has 0 saturated heterocycles. The molecule has 2 heterocycles. The molecule has 1 aromatic carbocycles. The Morgan fingerprint density at radius 2 is 2.11 bits per heavy atom. The van der Waals surface area contributed by atoms with Gasteiger partial charge in [0, 0.05) is 17.2 Å². The molecule has 2 aromatic rings. The van der Waals surface area contributed by atoms with Gasteiger partial charge in [0.25, 0.3) is 0 Å². The van der Waals surface area contributed by atoms with Crippen molar-refractivity contribution in [3.05, 3.63) is 58.2 Å². The van der Waals surface area contributed by atoms with Crippen LogP contribution in [0.5, 0.6) is 0 Å². The zero-order valence-electron chi connectivity index (χ0n) is 10.3. The van der Waals surface area contributed by atoms with E-state index in [1.807, 2.05) is 36.4 Å². The quantitative estimate of drug-likeness (QED) is 0.853. The Morgan fingerprint density at radius 3 is 2.89 bits per heavy atom. The van der Waals surface area contributed by atoms with Gasteiger partial charge in [-0.1, -0.05) is 30.3 Å². The third-order valence-corrected chi connectivity index (χ3v) is 3.70. The SMILES string of the molecule is O=C(Cc1ccccc1)N1CCc2cc(Br)cnc21. The number of pyridine rings is 1. The number of hydrogen-bond acceptors (Lipinski definition) is 2. The summed E-state index contributed by atoms with van der Waals surface area (Å²) < 4.78 is 0.962. The lowest BCUT2D eigenvalue weighted by atomic mass is 10.1. The predicted octanol–water partition coefficient (Wildman–Crippen LogP) is 2.98. The predicted molar refractivity (Wildman–Crippen MR) is 78.1 cm³/mol. The van der Waals surface area contributed by atoms with Gasteiger partial charge in [0.2, 0.25) is 5.91 Å².